The zero-order chi connectivity index (χ0) is 19.4. The third-order valence-corrected chi connectivity index (χ3v) is 5.68. The van der Waals surface area contributed by atoms with Crippen LogP contribution in [0.2, 0.25) is 0 Å². The molecule has 2 amide bonds. The smallest absolute Gasteiger partial charge is 0.238 e. The lowest BCUT2D eigenvalue weighted by Gasteiger charge is -2.28. The van der Waals surface area contributed by atoms with Crippen molar-refractivity contribution in [3.05, 3.63) is 53.0 Å². The van der Waals surface area contributed by atoms with Crippen molar-refractivity contribution < 1.29 is 14.3 Å². The van der Waals surface area contributed by atoms with Crippen LogP contribution in [0, 0.1) is 0 Å². The number of benzene rings is 2. The minimum absolute atomic E-state index is 0.128. The number of hydrogen-bond donors (Lipinski definition) is 1. The highest BCUT2D eigenvalue weighted by Gasteiger charge is 2.34. The maximum absolute atomic E-state index is 12.6. The average Bonchev–Trinajstić information content (AvgIpc) is 2.66. The summed E-state index contributed by atoms with van der Waals surface area (Å²) in [6.45, 7) is 0. The van der Waals surface area contributed by atoms with Crippen LogP contribution in [0.3, 0.4) is 0 Å². The SMILES string of the molecule is COc1ccc(N=C2S[C@H](C(=O)Nc3cccc(Br)c3)CC(=O)N2C)cc1. The van der Waals surface area contributed by atoms with Crippen molar-refractivity contribution >= 4 is 56.0 Å². The molecule has 1 N–H and O–H groups in total. The van der Waals surface area contributed by atoms with Gasteiger partial charge in [-0.2, -0.15) is 0 Å². The predicted octanol–water partition coefficient (Wildman–Crippen LogP) is 4.05. The highest BCUT2D eigenvalue weighted by Crippen LogP contribution is 2.29. The van der Waals surface area contributed by atoms with Crippen molar-refractivity contribution in [3.63, 3.8) is 0 Å². The van der Waals surface area contributed by atoms with E-state index < -0.39 is 5.25 Å². The maximum Gasteiger partial charge on any atom is 0.238 e. The Balaban J connectivity index is 1.76. The number of amidine groups is 1. The fourth-order valence-electron chi connectivity index (χ4n) is 2.45. The van der Waals surface area contributed by atoms with Gasteiger partial charge in [-0.1, -0.05) is 33.8 Å². The maximum atomic E-state index is 12.6. The van der Waals surface area contributed by atoms with E-state index in [0.717, 1.165) is 10.2 Å². The van der Waals surface area contributed by atoms with Crippen LogP contribution in [-0.2, 0) is 9.59 Å². The number of anilines is 1. The van der Waals surface area contributed by atoms with E-state index in [2.05, 4.69) is 26.2 Å². The van der Waals surface area contributed by atoms with Gasteiger partial charge in [0.15, 0.2) is 5.17 Å². The molecular weight excluding hydrogens is 430 g/mol. The molecule has 2 aromatic rings. The van der Waals surface area contributed by atoms with Gasteiger partial charge in [0.05, 0.1) is 12.8 Å². The first-order valence-electron chi connectivity index (χ1n) is 8.18. The van der Waals surface area contributed by atoms with Crippen molar-refractivity contribution in [1.82, 2.24) is 4.90 Å². The van der Waals surface area contributed by atoms with Crippen molar-refractivity contribution in [2.75, 3.05) is 19.5 Å². The molecule has 0 radical (unpaired) electrons. The van der Waals surface area contributed by atoms with Gasteiger partial charge >= 0.3 is 0 Å². The normalized spacial score (nSPS) is 18.5. The number of carbonyl (C=O) groups excluding carboxylic acids is 2. The second-order valence-corrected chi connectivity index (χ2v) is 7.94. The van der Waals surface area contributed by atoms with Gasteiger partial charge in [-0.25, -0.2) is 4.99 Å². The quantitative estimate of drug-likeness (QED) is 0.767. The van der Waals surface area contributed by atoms with Gasteiger partial charge in [0.2, 0.25) is 11.8 Å². The molecule has 0 bridgehead atoms. The third kappa shape index (κ3) is 4.90. The van der Waals surface area contributed by atoms with E-state index in [9.17, 15) is 9.59 Å². The summed E-state index contributed by atoms with van der Waals surface area (Å²) >= 11 is 4.66. The number of ether oxygens (including phenoxy) is 1. The summed E-state index contributed by atoms with van der Waals surface area (Å²) < 4.78 is 6.01. The fraction of sp³-hybridized carbons (Fsp3) is 0.211. The summed E-state index contributed by atoms with van der Waals surface area (Å²) in [5.41, 5.74) is 1.36. The fourth-order valence-corrected chi connectivity index (χ4v) is 3.92. The Morgan fingerprint density at radius 2 is 2.04 bits per heavy atom. The Bertz CT molecular complexity index is 886. The Labute approximate surface area is 170 Å². The number of nitrogens with one attached hydrogen (secondary N) is 1. The first-order valence-corrected chi connectivity index (χ1v) is 9.86. The van der Waals surface area contributed by atoms with Gasteiger partial charge in [-0.15, -0.1) is 0 Å². The minimum atomic E-state index is -0.537. The summed E-state index contributed by atoms with van der Waals surface area (Å²) in [6, 6.07) is 14.5. The molecule has 0 aromatic heterocycles. The molecule has 6 nitrogen and oxygen atoms in total. The first kappa shape index (κ1) is 19.4. The van der Waals surface area contributed by atoms with Gasteiger partial charge in [-0.3, -0.25) is 14.5 Å². The minimum Gasteiger partial charge on any atom is -0.497 e. The van der Waals surface area contributed by atoms with E-state index in [4.69, 9.17) is 4.74 Å². The van der Waals surface area contributed by atoms with Crippen molar-refractivity contribution in [2.24, 2.45) is 4.99 Å². The van der Waals surface area contributed by atoms with Crippen LogP contribution in [0.1, 0.15) is 6.42 Å². The zero-order valence-electron chi connectivity index (χ0n) is 14.8. The molecule has 8 heteroatoms. The lowest BCUT2D eigenvalue weighted by Crippen LogP contribution is -2.43. The largest absolute Gasteiger partial charge is 0.497 e. The Morgan fingerprint density at radius 3 is 2.70 bits per heavy atom. The van der Waals surface area contributed by atoms with Crippen LogP contribution in [0.25, 0.3) is 0 Å². The standard InChI is InChI=1S/C19H18BrN3O3S/c1-23-17(24)11-16(18(25)21-14-5-3-4-12(20)10-14)27-19(23)22-13-6-8-15(26-2)9-7-13/h3-10,16H,11H2,1-2H3,(H,21,25)/t16-/m0/s1. The van der Waals surface area contributed by atoms with Crippen LogP contribution < -0.4 is 10.1 Å². The monoisotopic (exact) mass is 447 g/mol. The van der Waals surface area contributed by atoms with Gasteiger partial charge in [-0.05, 0) is 42.5 Å². The number of amides is 2. The molecule has 1 fully saturated rings. The molecule has 1 aliphatic rings. The van der Waals surface area contributed by atoms with Crippen molar-refractivity contribution in [1.29, 1.82) is 0 Å². The van der Waals surface area contributed by atoms with Crippen molar-refractivity contribution in [2.45, 2.75) is 11.7 Å². The Kier molecular flexibility index (Phi) is 6.18. The summed E-state index contributed by atoms with van der Waals surface area (Å²) in [5, 5.41) is 2.81. The van der Waals surface area contributed by atoms with Gasteiger partial charge in [0, 0.05) is 23.6 Å². The first-order chi connectivity index (χ1) is 13.0. The number of methoxy groups -OCH3 is 1. The Morgan fingerprint density at radius 1 is 1.30 bits per heavy atom. The van der Waals surface area contributed by atoms with Gasteiger partial charge in [0.1, 0.15) is 11.0 Å². The van der Waals surface area contributed by atoms with Gasteiger partial charge in [0.25, 0.3) is 0 Å². The second-order valence-electron chi connectivity index (χ2n) is 5.86. The molecule has 1 saturated heterocycles. The summed E-state index contributed by atoms with van der Waals surface area (Å²) in [7, 11) is 3.26. The van der Waals surface area contributed by atoms with E-state index in [-0.39, 0.29) is 18.2 Å². The number of rotatable bonds is 4. The van der Waals surface area contributed by atoms with Gasteiger partial charge < -0.3 is 10.1 Å². The van der Waals surface area contributed by atoms with Crippen LogP contribution in [-0.4, -0.2) is 41.3 Å². The topological polar surface area (TPSA) is 71.0 Å². The predicted molar refractivity (Wildman–Crippen MR) is 112 cm³/mol. The van der Waals surface area contributed by atoms with Crippen LogP contribution in [0.4, 0.5) is 11.4 Å². The van der Waals surface area contributed by atoms with E-state index in [1.165, 1.54) is 16.7 Å². The molecule has 3 rings (SSSR count). The average molecular weight is 448 g/mol. The highest BCUT2D eigenvalue weighted by atomic mass is 79.9. The molecule has 2 aromatic carbocycles. The summed E-state index contributed by atoms with van der Waals surface area (Å²) in [6.07, 6.45) is 0.128. The highest BCUT2D eigenvalue weighted by molar-refractivity contribution is 9.10. The molecule has 1 aliphatic heterocycles. The molecular formula is C19H18BrN3O3S. The lowest BCUT2D eigenvalue weighted by atomic mass is 10.2. The number of aliphatic imine (C=N–C) groups is 1. The Hall–Kier alpha value is -2.32. The molecule has 1 atom stereocenters. The van der Waals surface area contributed by atoms with E-state index in [1.54, 1.807) is 44.5 Å². The van der Waals surface area contributed by atoms with Crippen LogP contribution in [0.15, 0.2) is 58.0 Å². The van der Waals surface area contributed by atoms with Crippen LogP contribution >= 0.6 is 27.7 Å². The molecule has 0 unspecified atom stereocenters. The number of carbonyl (C=O) groups is 2. The summed E-state index contributed by atoms with van der Waals surface area (Å²) in [5.74, 6) is 0.364. The van der Waals surface area contributed by atoms with E-state index >= 15 is 0 Å². The number of nitrogens with zero attached hydrogens (tertiary/aromatic N) is 2. The molecule has 0 aliphatic carbocycles. The molecule has 0 spiro atoms. The second kappa shape index (κ2) is 8.58. The number of hydrogen-bond acceptors (Lipinski definition) is 5. The lowest BCUT2D eigenvalue weighted by molar-refractivity contribution is -0.128. The third-order valence-electron chi connectivity index (χ3n) is 3.95. The molecule has 27 heavy (non-hydrogen) atoms. The number of halogens is 1. The van der Waals surface area contributed by atoms with Crippen LogP contribution in [0.5, 0.6) is 5.75 Å². The number of thioether (sulfide) groups is 1. The van der Waals surface area contributed by atoms with E-state index in [1.807, 2.05) is 18.2 Å². The van der Waals surface area contributed by atoms with Crippen molar-refractivity contribution in [3.8, 4) is 5.75 Å². The molecule has 0 saturated carbocycles. The van der Waals surface area contributed by atoms with E-state index in [0.29, 0.717) is 16.5 Å². The molecule has 1 heterocycles. The zero-order valence-corrected chi connectivity index (χ0v) is 17.2. The summed E-state index contributed by atoms with van der Waals surface area (Å²) in [4.78, 5) is 31.0. The molecule has 140 valence electrons.